The molecule has 0 saturated carbocycles. The highest BCUT2D eigenvalue weighted by molar-refractivity contribution is 9.10. The Morgan fingerprint density at radius 3 is 2.41 bits per heavy atom. The van der Waals surface area contributed by atoms with Crippen molar-refractivity contribution in [2.75, 3.05) is 5.73 Å². The molecule has 0 fully saturated rings. The minimum Gasteiger partial charge on any atom is -0.488 e. The van der Waals surface area contributed by atoms with Crippen LogP contribution in [0.25, 0.3) is 11.1 Å². The first kappa shape index (κ1) is 19.7. The van der Waals surface area contributed by atoms with Crippen LogP contribution in [0.3, 0.4) is 0 Å². The van der Waals surface area contributed by atoms with Crippen molar-refractivity contribution in [1.29, 1.82) is 15.8 Å². The van der Waals surface area contributed by atoms with Crippen molar-refractivity contribution < 1.29 is 4.74 Å². The predicted octanol–water partition coefficient (Wildman–Crippen LogP) is 3.58. The van der Waals surface area contributed by atoms with Crippen molar-refractivity contribution in [3.63, 3.8) is 0 Å². The minimum atomic E-state index is -0.663. The quantitative estimate of drug-likeness (QED) is 0.628. The number of ether oxygens (including phenoxy) is 1. The summed E-state index contributed by atoms with van der Waals surface area (Å²) in [6, 6.07) is 17.9. The van der Waals surface area contributed by atoms with Gasteiger partial charge in [0.05, 0.1) is 16.1 Å². The van der Waals surface area contributed by atoms with Gasteiger partial charge in [0.2, 0.25) is 0 Å². The zero-order valence-corrected chi connectivity index (χ0v) is 16.4. The van der Waals surface area contributed by atoms with Crippen molar-refractivity contribution in [2.45, 2.75) is 6.61 Å². The molecule has 0 aliphatic rings. The zero-order valence-electron chi connectivity index (χ0n) is 14.9. The maximum absolute atomic E-state index is 12.1. The molecule has 3 rings (SSSR count). The number of hydrogen-bond donors (Lipinski definition) is 2. The van der Waals surface area contributed by atoms with E-state index < -0.39 is 5.56 Å². The third kappa shape index (κ3) is 3.82. The molecule has 1 aromatic heterocycles. The number of nitriles is 3. The second kappa shape index (κ2) is 8.31. The Hall–Kier alpha value is -4.06. The molecule has 7 nitrogen and oxygen atoms in total. The summed E-state index contributed by atoms with van der Waals surface area (Å²) in [4.78, 5) is 14.4. The number of nitrogens with one attached hydrogen (secondary N) is 1. The van der Waals surface area contributed by atoms with E-state index >= 15 is 0 Å². The van der Waals surface area contributed by atoms with Gasteiger partial charge in [-0.1, -0.05) is 24.3 Å². The number of aromatic amines is 1. The van der Waals surface area contributed by atoms with Gasteiger partial charge in [-0.3, -0.25) is 4.79 Å². The number of anilines is 1. The normalized spacial score (nSPS) is 9.86. The fraction of sp³-hybridized carbons (Fsp3) is 0.0476. The molecule has 3 aromatic rings. The van der Waals surface area contributed by atoms with Gasteiger partial charge >= 0.3 is 0 Å². The van der Waals surface area contributed by atoms with E-state index in [0.717, 1.165) is 5.56 Å². The van der Waals surface area contributed by atoms with Gasteiger partial charge in [-0.2, -0.15) is 15.8 Å². The molecule has 29 heavy (non-hydrogen) atoms. The van der Waals surface area contributed by atoms with E-state index in [1.807, 2.05) is 18.2 Å². The number of halogens is 1. The topological polar surface area (TPSA) is 139 Å². The lowest BCUT2D eigenvalue weighted by Gasteiger charge is -2.13. The number of aromatic nitrogens is 1. The predicted molar refractivity (Wildman–Crippen MR) is 110 cm³/mol. The lowest BCUT2D eigenvalue weighted by atomic mass is 9.96. The van der Waals surface area contributed by atoms with Gasteiger partial charge in [-0.15, -0.1) is 0 Å². The van der Waals surface area contributed by atoms with Gasteiger partial charge in [0.15, 0.2) is 0 Å². The first-order valence-corrected chi connectivity index (χ1v) is 9.06. The van der Waals surface area contributed by atoms with Crippen LogP contribution in [0.2, 0.25) is 0 Å². The minimum absolute atomic E-state index is 0.0182. The molecule has 0 unspecified atom stereocenters. The van der Waals surface area contributed by atoms with Crippen molar-refractivity contribution in [2.24, 2.45) is 0 Å². The average molecular weight is 446 g/mol. The number of hydrogen-bond acceptors (Lipinski definition) is 6. The van der Waals surface area contributed by atoms with E-state index in [9.17, 15) is 20.6 Å². The van der Waals surface area contributed by atoms with Crippen LogP contribution in [0, 0.1) is 34.0 Å². The SMILES string of the molecule is N#Cc1ccccc1COc1ccc(-c2c(C#N)c(N)[nH]c(=O)c2C#N)cc1Br. The zero-order chi connectivity index (χ0) is 21.0. The molecule has 0 bridgehead atoms. The van der Waals surface area contributed by atoms with Crippen LogP contribution in [-0.4, -0.2) is 4.98 Å². The molecular weight excluding hydrogens is 434 g/mol. The number of benzene rings is 2. The molecule has 8 heteroatoms. The van der Waals surface area contributed by atoms with Gasteiger partial charge in [0.25, 0.3) is 5.56 Å². The fourth-order valence-corrected chi connectivity index (χ4v) is 3.31. The van der Waals surface area contributed by atoms with Crippen LogP contribution in [0.1, 0.15) is 22.3 Å². The van der Waals surface area contributed by atoms with Crippen LogP contribution < -0.4 is 16.0 Å². The molecule has 0 atom stereocenters. The molecule has 0 aliphatic heterocycles. The van der Waals surface area contributed by atoms with Crippen LogP contribution >= 0.6 is 15.9 Å². The van der Waals surface area contributed by atoms with Crippen molar-refractivity contribution in [3.8, 4) is 35.1 Å². The molecule has 0 saturated heterocycles. The number of nitrogen functional groups attached to an aromatic ring is 1. The third-order valence-electron chi connectivity index (χ3n) is 4.21. The highest BCUT2D eigenvalue weighted by Crippen LogP contribution is 2.34. The summed E-state index contributed by atoms with van der Waals surface area (Å²) in [5.74, 6) is 0.396. The molecule has 140 valence electrons. The Morgan fingerprint density at radius 1 is 1.03 bits per heavy atom. The molecule has 0 aliphatic carbocycles. The number of H-pyrrole nitrogens is 1. The summed E-state index contributed by atoms with van der Waals surface area (Å²) in [5, 5.41) is 28.0. The summed E-state index contributed by atoms with van der Waals surface area (Å²) in [6.07, 6.45) is 0. The van der Waals surface area contributed by atoms with Gasteiger partial charge in [0.1, 0.15) is 41.4 Å². The second-order valence-electron chi connectivity index (χ2n) is 5.92. The van der Waals surface area contributed by atoms with Crippen LogP contribution in [0.5, 0.6) is 5.75 Å². The van der Waals surface area contributed by atoms with Gasteiger partial charge < -0.3 is 15.5 Å². The molecule has 2 aromatic carbocycles. The van der Waals surface area contributed by atoms with Crippen LogP contribution in [0.15, 0.2) is 51.7 Å². The highest BCUT2D eigenvalue weighted by atomic mass is 79.9. The van der Waals surface area contributed by atoms with E-state index in [4.69, 9.17) is 10.5 Å². The van der Waals surface area contributed by atoms with Gasteiger partial charge in [0, 0.05) is 11.1 Å². The fourth-order valence-electron chi connectivity index (χ4n) is 2.82. The lowest BCUT2D eigenvalue weighted by molar-refractivity contribution is 0.304. The third-order valence-corrected chi connectivity index (χ3v) is 4.83. The van der Waals surface area contributed by atoms with Crippen molar-refractivity contribution >= 4 is 21.7 Å². The highest BCUT2D eigenvalue weighted by Gasteiger charge is 2.19. The van der Waals surface area contributed by atoms with E-state index in [-0.39, 0.29) is 29.1 Å². The van der Waals surface area contributed by atoms with Gasteiger partial charge in [-0.05, 0) is 39.7 Å². The Labute approximate surface area is 174 Å². The Bertz CT molecular complexity index is 1290. The molecule has 0 radical (unpaired) electrons. The smallest absolute Gasteiger partial charge is 0.268 e. The van der Waals surface area contributed by atoms with Crippen LogP contribution in [-0.2, 0) is 6.61 Å². The van der Waals surface area contributed by atoms with E-state index in [0.29, 0.717) is 21.3 Å². The first-order valence-electron chi connectivity index (χ1n) is 8.26. The molecule has 1 heterocycles. The molecule has 0 spiro atoms. The number of pyridine rings is 1. The number of nitrogens with two attached hydrogens (primary N) is 1. The standard InChI is InChI=1S/C21H12BrN5O2/c22-17-7-12(19-15(9-24)20(26)27-21(28)16(19)10-25)5-6-18(17)29-11-14-4-2-1-3-13(14)8-23/h1-7H,11H2,(H3,26,27,28). The maximum Gasteiger partial charge on any atom is 0.268 e. The monoisotopic (exact) mass is 445 g/mol. The first-order chi connectivity index (χ1) is 14.0. The number of nitrogens with zero attached hydrogens (tertiary/aromatic N) is 3. The largest absolute Gasteiger partial charge is 0.488 e. The Morgan fingerprint density at radius 2 is 1.76 bits per heavy atom. The molecular formula is C21H12BrN5O2. The maximum atomic E-state index is 12.1. The summed E-state index contributed by atoms with van der Waals surface area (Å²) < 4.78 is 6.35. The Balaban J connectivity index is 2.00. The Kier molecular flexibility index (Phi) is 5.64. The van der Waals surface area contributed by atoms with E-state index in [1.54, 1.807) is 36.4 Å². The second-order valence-corrected chi connectivity index (χ2v) is 6.77. The van der Waals surface area contributed by atoms with Crippen LogP contribution in [0.4, 0.5) is 5.82 Å². The van der Waals surface area contributed by atoms with Gasteiger partial charge in [-0.25, -0.2) is 0 Å². The summed E-state index contributed by atoms with van der Waals surface area (Å²) in [7, 11) is 0. The summed E-state index contributed by atoms with van der Waals surface area (Å²) in [5.41, 5.74) is 6.81. The van der Waals surface area contributed by atoms with Crippen molar-refractivity contribution in [1.82, 2.24) is 4.98 Å². The van der Waals surface area contributed by atoms with E-state index in [2.05, 4.69) is 27.0 Å². The van der Waals surface area contributed by atoms with Crippen molar-refractivity contribution in [3.05, 3.63) is 79.5 Å². The summed E-state index contributed by atoms with van der Waals surface area (Å²) in [6.45, 7) is 0.187. The molecule has 0 amide bonds. The number of rotatable bonds is 4. The summed E-state index contributed by atoms with van der Waals surface area (Å²) >= 11 is 3.41. The molecule has 3 N–H and O–H groups in total. The average Bonchev–Trinajstić information content (AvgIpc) is 2.72. The lowest BCUT2D eigenvalue weighted by Crippen LogP contribution is -2.16. The van der Waals surface area contributed by atoms with E-state index in [1.165, 1.54) is 0 Å².